The first-order valence-corrected chi connectivity index (χ1v) is 9.35. The van der Waals surface area contributed by atoms with Gasteiger partial charge in [0.05, 0.1) is 5.52 Å². The van der Waals surface area contributed by atoms with Crippen LogP contribution in [0.3, 0.4) is 0 Å². The third kappa shape index (κ3) is 4.27. The summed E-state index contributed by atoms with van der Waals surface area (Å²) in [7, 11) is 0. The van der Waals surface area contributed by atoms with Gasteiger partial charge in [0, 0.05) is 23.7 Å². The summed E-state index contributed by atoms with van der Waals surface area (Å²) in [5, 5.41) is 3.43. The number of carbonyl (C=O) groups excluding carboxylic acids is 1. The van der Waals surface area contributed by atoms with Crippen molar-refractivity contribution in [2.45, 2.75) is 13.5 Å². The number of benzene rings is 3. The summed E-state index contributed by atoms with van der Waals surface area (Å²) in [5.74, 6) is -1.01. The minimum absolute atomic E-state index is 0.0681. The Kier molecular flexibility index (Phi) is 5.39. The monoisotopic (exact) mass is 404 g/mol. The second-order valence-corrected chi connectivity index (χ2v) is 6.89. The molecule has 0 bridgehead atoms. The molecule has 1 amide bonds. The van der Waals surface area contributed by atoms with Crippen LogP contribution in [0.2, 0.25) is 0 Å². The lowest BCUT2D eigenvalue weighted by atomic mass is 10.1. The number of hydrogen-bond acceptors (Lipinski definition) is 3. The van der Waals surface area contributed by atoms with Crippen molar-refractivity contribution in [1.82, 2.24) is 10.3 Å². The predicted molar refractivity (Wildman–Crippen MR) is 111 cm³/mol. The first-order valence-electron chi connectivity index (χ1n) is 9.35. The lowest BCUT2D eigenvalue weighted by Gasteiger charge is -2.11. The maximum absolute atomic E-state index is 14.4. The lowest BCUT2D eigenvalue weighted by molar-refractivity contribution is 0.0950. The average molecular weight is 404 g/mol. The first kappa shape index (κ1) is 19.5. The summed E-state index contributed by atoms with van der Waals surface area (Å²) in [6, 6.07) is 17.2. The van der Waals surface area contributed by atoms with E-state index in [1.807, 2.05) is 25.1 Å². The fraction of sp³-hybridized carbons (Fsp3) is 0.0833. The summed E-state index contributed by atoms with van der Waals surface area (Å²) in [6.45, 7) is 2.11. The van der Waals surface area contributed by atoms with Crippen molar-refractivity contribution >= 4 is 16.8 Å². The number of pyridine rings is 1. The van der Waals surface area contributed by atoms with Crippen molar-refractivity contribution in [3.63, 3.8) is 0 Å². The zero-order valence-electron chi connectivity index (χ0n) is 16.2. The van der Waals surface area contributed by atoms with Crippen molar-refractivity contribution in [2.75, 3.05) is 0 Å². The van der Waals surface area contributed by atoms with Gasteiger partial charge in [-0.15, -0.1) is 0 Å². The van der Waals surface area contributed by atoms with Crippen LogP contribution in [0.5, 0.6) is 11.5 Å². The SMILES string of the molecule is Cc1ccc2c(Oc3cc(C(=O)NCc4cccc(F)c4)ccc3F)ccnc2c1. The molecule has 1 aromatic heterocycles. The van der Waals surface area contributed by atoms with Gasteiger partial charge < -0.3 is 10.1 Å². The van der Waals surface area contributed by atoms with E-state index in [0.29, 0.717) is 11.3 Å². The van der Waals surface area contributed by atoms with Crippen molar-refractivity contribution in [3.8, 4) is 11.5 Å². The average Bonchev–Trinajstić information content (AvgIpc) is 2.73. The van der Waals surface area contributed by atoms with E-state index in [0.717, 1.165) is 16.5 Å². The molecule has 0 spiro atoms. The van der Waals surface area contributed by atoms with Crippen LogP contribution in [-0.4, -0.2) is 10.9 Å². The van der Waals surface area contributed by atoms with E-state index in [1.54, 1.807) is 24.4 Å². The first-order chi connectivity index (χ1) is 14.5. The van der Waals surface area contributed by atoms with Crippen LogP contribution in [0.1, 0.15) is 21.5 Å². The second-order valence-electron chi connectivity index (χ2n) is 6.89. The van der Waals surface area contributed by atoms with Gasteiger partial charge in [0.1, 0.15) is 11.6 Å². The number of nitrogens with zero attached hydrogens (tertiary/aromatic N) is 1. The number of carbonyl (C=O) groups is 1. The van der Waals surface area contributed by atoms with Crippen LogP contribution >= 0.6 is 0 Å². The Morgan fingerprint density at radius 1 is 1.00 bits per heavy atom. The molecule has 1 heterocycles. The highest BCUT2D eigenvalue weighted by molar-refractivity contribution is 5.94. The number of rotatable bonds is 5. The van der Waals surface area contributed by atoms with Crippen molar-refractivity contribution in [1.29, 1.82) is 0 Å². The molecular formula is C24H18F2N2O2. The van der Waals surface area contributed by atoms with Crippen molar-refractivity contribution in [3.05, 3.63) is 101 Å². The van der Waals surface area contributed by atoms with Gasteiger partial charge in [-0.25, -0.2) is 8.78 Å². The molecule has 0 fully saturated rings. The maximum atomic E-state index is 14.4. The van der Waals surface area contributed by atoms with E-state index < -0.39 is 11.7 Å². The fourth-order valence-corrected chi connectivity index (χ4v) is 3.09. The van der Waals surface area contributed by atoms with Crippen LogP contribution in [0.25, 0.3) is 10.9 Å². The Morgan fingerprint density at radius 2 is 1.87 bits per heavy atom. The lowest BCUT2D eigenvalue weighted by Crippen LogP contribution is -2.22. The Balaban J connectivity index is 1.55. The topological polar surface area (TPSA) is 51.2 Å². The molecule has 0 saturated carbocycles. The molecule has 0 aliphatic carbocycles. The highest BCUT2D eigenvalue weighted by atomic mass is 19.1. The van der Waals surface area contributed by atoms with Gasteiger partial charge in [-0.05, 0) is 66.6 Å². The van der Waals surface area contributed by atoms with Gasteiger partial charge in [0.15, 0.2) is 11.6 Å². The predicted octanol–water partition coefficient (Wildman–Crippen LogP) is 5.54. The minimum Gasteiger partial charge on any atom is -0.453 e. The number of aromatic nitrogens is 1. The van der Waals surface area contributed by atoms with E-state index in [2.05, 4.69) is 10.3 Å². The molecule has 0 radical (unpaired) electrons. The molecule has 0 aliphatic rings. The van der Waals surface area contributed by atoms with Crippen LogP contribution in [0, 0.1) is 18.6 Å². The summed E-state index contributed by atoms with van der Waals surface area (Å²) >= 11 is 0. The van der Waals surface area contributed by atoms with Gasteiger partial charge in [-0.1, -0.05) is 18.2 Å². The molecule has 4 nitrogen and oxygen atoms in total. The number of nitrogens with one attached hydrogen (secondary N) is 1. The number of hydrogen-bond donors (Lipinski definition) is 1. The third-order valence-corrected chi connectivity index (χ3v) is 4.61. The van der Waals surface area contributed by atoms with Gasteiger partial charge >= 0.3 is 0 Å². The van der Waals surface area contributed by atoms with Gasteiger partial charge in [-0.2, -0.15) is 0 Å². The van der Waals surface area contributed by atoms with Gasteiger partial charge in [0.25, 0.3) is 5.91 Å². The molecule has 0 unspecified atom stereocenters. The fourth-order valence-electron chi connectivity index (χ4n) is 3.09. The normalized spacial score (nSPS) is 10.8. The molecule has 6 heteroatoms. The van der Waals surface area contributed by atoms with Gasteiger partial charge in [0.2, 0.25) is 0 Å². The highest BCUT2D eigenvalue weighted by Crippen LogP contribution is 2.31. The molecule has 1 N–H and O–H groups in total. The van der Waals surface area contributed by atoms with E-state index >= 15 is 0 Å². The van der Waals surface area contributed by atoms with E-state index in [-0.39, 0.29) is 23.7 Å². The summed E-state index contributed by atoms with van der Waals surface area (Å²) in [4.78, 5) is 16.8. The van der Waals surface area contributed by atoms with Crippen LogP contribution in [0.15, 0.2) is 72.9 Å². The molecule has 3 aromatic carbocycles. The quantitative estimate of drug-likeness (QED) is 0.475. The van der Waals surface area contributed by atoms with E-state index in [1.165, 1.54) is 30.3 Å². The standard InChI is InChI=1S/C24H18F2N2O2/c1-15-5-7-19-21(11-15)27-10-9-22(19)30-23-13-17(6-8-20(23)26)24(29)28-14-16-3-2-4-18(25)12-16/h2-13H,14H2,1H3,(H,28,29). The summed E-state index contributed by atoms with van der Waals surface area (Å²) < 4.78 is 33.4. The van der Waals surface area contributed by atoms with Crippen LogP contribution < -0.4 is 10.1 Å². The Bertz CT molecular complexity index is 1240. The molecular weight excluding hydrogens is 386 g/mol. The Labute approximate surface area is 172 Å². The zero-order chi connectivity index (χ0) is 21.1. The summed E-state index contributed by atoms with van der Waals surface area (Å²) in [6.07, 6.45) is 1.59. The molecule has 0 atom stereocenters. The third-order valence-electron chi connectivity index (χ3n) is 4.61. The molecule has 30 heavy (non-hydrogen) atoms. The molecule has 0 aliphatic heterocycles. The smallest absolute Gasteiger partial charge is 0.251 e. The van der Waals surface area contributed by atoms with Crippen molar-refractivity contribution in [2.24, 2.45) is 0 Å². The largest absolute Gasteiger partial charge is 0.453 e. The Hall–Kier alpha value is -3.80. The Morgan fingerprint density at radius 3 is 2.70 bits per heavy atom. The second kappa shape index (κ2) is 8.29. The van der Waals surface area contributed by atoms with Crippen LogP contribution in [0.4, 0.5) is 8.78 Å². The summed E-state index contributed by atoms with van der Waals surface area (Å²) in [5.41, 5.74) is 2.64. The number of amides is 1. The molecule has 150 valence electrons. The van der Waals surface area contributed by atoms with Crippen molar-refractivity contribution < 1.29 is 18.3 Å². The molecule has 0 saturated heterocycles. The number of fused-ring (bicyclic) bond motifs is 1. The number of ether oxygens (including phenoxy) is 1. The number of aryl methyl sites for hydroxylation is 1. The number of halogens is 2. The highest BCUT2D eigenvalue weighted by Gasteiger charge is 2.13. The maximum Gasteiger partial charge on any atom is 0.251 e. The van der Waals surface area contributed by atoms with Crippen LogP contribution in [-0.2, 0) is 6.54 Å². The van der Waals surface area contributed by atoms with E-state index in [9.17, 15) is 13.6 Å². The zero-order valence-corrected chi connectivity index (χ0v) is 16.2. The molecule has 4 aromatic rings. The van der Waals surface area contributed by atoms with E-state index in [4.69, 9.17) is 4.74 Å². The molecule has 4 rings (SSSR count). The minimum atomic E-state index is -0.589. The van der Waals surface area contributed by atoms with Gasteiger partial charge in [-0.3, -0.25) is 9.78 Å².